The summed E-state index contributed by atoms with van der Waals surface area (Å²) in [5.41, 5.74) is 3.04. The summed E-state index contributed by atoms with van der Waals surface area (Å²) in [5.74, 6) is 0.821. The number of ether oxygens (including phenoxy) is 1. The third-order valence-corrected chi connectivity index (χ3v) is 3.63. The smallest absolute Gasteiger partial charge is 0.123 e. The molecule has 0 radical (unpaired) electrons. The van der Waals surface area contributed by atoms with Gasteiger partial charge in [0.2, 0.25) is 0 Å². The lowest BCUT2D eigenvalue weighted by Gasteiger charge is -2.09. The van der Waals surface area contributed by atoms with Crippen molar-refractivity contribution in [2.75, 3.05) is 13.7 Å². The van der Waals surface area contributed by atoms with E-state index < -0.39 is 0 Å². The van der Waals surface area contributed by atoms with Gasteiger partial charge in [-0.15, -0.1) is 0 Å². The Hall–Kier alpha value is -1.83. The van der Waals surface area contributed by atoms with Crippen LogP contribution in [0.1, 0.15) is 16.7 Å². The summed E-state index contributed by atoms with van der Waals surface area (Å²) >= 11 is 1.72. The average Bonchev–Trinajstić information content (AvgIpc) is 2.96. The van der Waals surface area contributed by atoms with Crippen LogP contribution in [0.5, 0.6) is 5.75 Å². The Morgan fingerprint density at radius 3 is 2.95 bits per heavy atom. The maximum absolute atomic E-state index is 8.91. The van der Waals surface area contributed by atoms with Crippen molar-refractivity contribution in [2.45, 2.75) is 13.0 Å². The lowest BCUT2D eigenvalue weighted by atomic mass is 10.1. The SMILES string of the molecule is COc1ccc(C#N)cc1CNCCc1ccsc1. The van der Waals surface area contributed by atoms with Crippen molar-refractivity contribution in [3.8, 4) is 11.8 Å². The molecule has 0 fully saturated rings. The highest BCUT2D eigenvalue weighted by Crippen LogP contribution is 2.19. The molecule has 1 aromatic carbocycles. The normalized spacial score (nSPS) is 10.1. The number of thiophene rings is 1. The second-order valence-corrected chi connectivity index (χ2v) is 4.98. The maximum atomic E-state index is 8.91. The van der Waals surface area contributed by atoms with E-state index in [1.54, 1.807) is 24.5 Å². The third kappa shape index (κ3) is 3.82. The van der Waals surface area contributed by atoms with E-state index in [1.165, 1.54) is 5.56 Å². The van der Waals surface area contributed by atoms with E-state index in [4.69, 9.17) is 10.00 Å². The van der Waals surface area contributed by atoms with Gasteiger partial charge >= 0.3 is 0 Å². The van der Waals surface area contributed by atoms with Crippen LogP contribution in [0.25, 0.3) is 0 Å². The molecule has 1 N–H and O–H groups in total. The van der Waals surface area contributed by atoms with E-state index in [-0.39, 0.29) is 0 Å². The highest BCUT2D eigenvalue weighted by Gasteiger charge is 2.04. The van der Waals surface area contributed by atoms with Crippen LogP contribution in [-0.2, 0) is 13.0 Å². The van der Waals surface area contributed by atoms with E-state index in [9.17, 15) is 0 Å². The van der Waals surface area contributed by atoms with Crippen LogP contribution in [0.3, 0.4) is 0 Å². The number of nitrogens with one attached hydrogen (secondary N) is 1. The van der Waals surface area contributed by atoms with E-state index in [2.05, 4.69) is 28.2 Å². The number of hydrogen-bond acceptors (Lipinski definition) is 4. The molecule has 2 rings (SSSR count). The van der Waals surface area contributed by atoms with Crippen molar-refractivity contribution >= 4 is 11.3 Å². The first-order chi connectivity index (χ1) is 9.33. The van der Waals surface area contributed by atoms with Crippen molar-refractivity contribution in [3.05, 3.63) is 51.7 Å². The molecule has 0 aliphatic rings. The van der Waals surface area contributed by atoms with Crippen LogP contribution in [-0.4, -0.2) is 13.7 Å². The minimum atomic E-state index is 0.662. The van der Waals surface area contributed by atoms with Gasteiger partial charge in [-0.1, -0.05) is 0 Å². The van der Waals surface area contributed by atoms with Gasteiger partial charge in [0, 0.05) is 12.1 Å². The van der Waals surface area contributed by atoms with Crippen LogP contribution in [0, 0.1) is 11.3 Å². The molecule has 19 heavy (non-hydrogen) atoms. The molecule has 1 aromatic heterocycles. The van der Waals surface area contributed by atoms with Crippen LogP contribution in [0.2, 0.25) is 0 Å². The summed E-state index contributed by atoms with van der Waals surface area (Å²) in [6, 6.07) is 9.78. The molecule has 0 saturated carbocycles. The first kappa shape index (κ1) is 13.6. The maximum Gasteiger partial charge on any atom is 0.123 e. The largest absolute Gasteiger partial charge is 0.496 e. The molecule has 3 nitrogen and oxygen atoms in total. The number of hydrogen-bond donors (Lipinski definition) is 1. The van der Waals surface area contributed by atoms with E-state index in [0.717, 1.165) is 24.3 Å². The van der Waals surface area contributed by atoms with Crippen molar-refractivity contribution in [2.24, 2.45) is 0 Å². The second-order valence-electron chi connectivity index (χ2n) is 4.20. The average molecular weight is 272 g/mol. The molecule has 0 spiro atoms. The molecule has 98 valence electrons. The van der Waals surface area contributed by atoms with E-state index in [0.29, 0.717) is 12.1 Å². The Labute approximate surface area is 117 Å². The molecule has 0 saturated heterocycles. The molecular formula is C15H16N2OS. The summed E-state index contributed by atoms with van der Waals surface area (Å²) in [6.07, 6.45) is 1.02. The molecule has 0 unspecified atom stereocenters. The number of rotatable bonds is 6. The molecule has 2 aromatic rings. The van der Waals surface area contributed by atoms with Gasteiger partial charge in [0.15, 0.2) is 0 Å². The fourth-order valence-electron chi connectivity index (χ4n) is 1.88. The summed E-state index contributed by atoms with van der Waals surface area (Å²) in [5, 5.41) is 16.6. The Morgan fingerprint density at radius 1 is 1.37 bits per heavy atom. The van der Waals surface area contributed by atoms with Crippen molar-refractivity contribution in [1.82, 2.24) is 5.32 Å². The Bertz CT molecular complexity index is 558. The monoisotopic (exact) mass is 272 g/mol. The Balaban J connectivity index is 1.89. The summed E-state index contributed by atoms with van der Waals surface area (Å²) in [7, 11) is 1.65. The van der Waals surface area contributed by atoms with Crippen molar-refractivity contribution in [1.29, 1.82) is 5.26 Å². The van der Waals surface area contributed by atoms with E-state index in [1.807, 2.05) is 12.1 Å². The quantitative estimate of drug-likeness (QED) is 0.822. The molecule has 0 amide bonds. The summed E-state index contributed by atoms with van der Waals surface area (Å²) in [6.45, 7) is 1.62. The van der Waals surface area contributed by atoms with Gasteiger partial charge in [-0.25, -0.2) is 0 Å². The fraction of sp³-hybridized carbons (Fsp3) is 0.267. The molecule has 0 aliphatic heterocycles. The van der Waals surface area contributed by atoms with Crippen LogP contribution < -0.4 is 10.1 Å². The van der Waals surface area contributed by atoms with Gasteiger partial charge in [-0.2, -0.15) is 16.6 Å². The van der Waals surface area contributed by atoms with Gasteiger partial charge in [0.1, 0.15) is 5.75 Å². The number of methoxy groups -OCH3 is 1. The molecule has 0 bridgehead atoms. The van der Waals surface area contributed by atoms with E-state index >= 15 is 0 Å². The molecule has 0 atom stereocenters. The number of benzene rings is 1. The number of nitrogens with zero attached hydrogens (tertiary/aromatic N) is 1. The van der Waals surface area contributed by atoms with Gasteiger partial charge < -0.3 is 10.1 Å². The van der Waals surface area contributed by atoms with Crippen molar-refractivity contribution < 1.29 is 4.74 Å². The molecule has 0 aliphatic carbocycles. The first-order valence-corrected chi connectivity index (χ1v) is 7.06. The predicted molar refractivity (Wildman–Crippen MR) is 77.4 cm³/mol. The molecule has 1 heterocycles. The van der Waals surface area contributed by atoms with Crippen LogP contribution >= 0.6 is 11.3 Å². The summed E-state index contributed by atoms with van der Waals surface area (Å²) in [4.78, 5) is 0. The molecule has 4 heteroatoms. The van der Waals surface area contributed by atoms with Gasteiger partial charge in [-0.05, 0) is 53.6 Å². The van der Waals surface area contributed by atoms with Gasteiger partial charge in [0.25, 0.3) is 0 Å². The Morgan fingerprint density at radius 2 is 2.26 bits per heavy atom. The lowest BCUT2D eigenvalue weighted by molar-refractivity contribution is 0.407. The van der Waals surface area contributed by atoms with Crippen LogP contribution in [0.4, 0.5) is 0 Å². The minimum absolute atomic E-state index is 0.662. The highest BCUT2D eigenvalue weighted by atomic mass is 32.1. The van der Waals surface area contributed by atoms with Crippen molar-refractivity contribution in [3.63, 3.8) is 0 Å². The topological polar surface area (TPSA) is 45.0 Å². The first-order valence-electron chi connectivity index (χ1n) is 6.12. The lowest BCUT2D eigenvalue weighted by Crippen LogP contribution is -2.17. The highest BCUT2D eigenvalue weighted by molar-refractivity contribution is 7.07. The van der Waals surface area contributed by atoms with Gasteiger partial charge in [-0.3, -0.25) is 0 Å². The zero-order valence-electron chi connectivity index (χ0n) is 10.8. The minimum Gasteiger partial charge on any atom is -0.496 e. The molecular weight excluding hydrogens is 256 g/mol. The fourth-order valence-corrected chi connectivity index (χ4v) is 2.58. The number of nitriles is 1. The zero-order valence-corrected chi connectivity index (χ0v) is 11.7. The second kappa shape index (κ2) is 6.93. The zero-order chi connectivity index (χ0) is 13.5. The van der Waals surface area contributed by atoms with Gasteiger partial charge in [0.05, 0.1) is 18.7 Å². The summed E-state index contributed by atoms with van der Waals surface area (Å²) < 4.78 is 5.30. The third-order valence-electron chi connectivity index (χ3n) is 2.90. The van der Waals surface area contributed by atoms with Crippen LogP contribution in [0.15, 0.2) is 35.0 Å². The Kier molecular flexibility index (Phi) is 4.96. The predicted octanol–water partition coefficient (Wildman–Crippen LogP) is 2.96. The standard InChI is InChI=1S/C15H16N2OS/c1-18-15-3-2-13(9-16)8-14(15)10-17-6-4-12-5-7-19-11-12/h2-3,5,7-8,11,17H,4,6,10H2,1H3.